The summed E-state index contributed by atoms with van der Waals surface area (Å²) in [4.78, 5) is 29.0. The highest BCUT2D eigenvalue weighted by atomic mass is 19.4. The van der Waals surface area contributed by atoms with Gasteiger partial charge in [-0.1, -0.05) is 12.1 Å². The van der Waals surface area contributed by atoms with Gasteiger partial charge in [0.1, 0.15) is 0 Å². The first kappa shape index (κ1) is 22.8. The molecule has 1 aromatic heterocycles. The molecular weight excluding hydrogens is 435 g/mol. The molecule has 4 rings (SSSR count). The lowest BCUT2D eigenvalue weighted by Gasteiger charge is -2.30. The molecule has 0 bridgehead atoms. The number of halogens is 3. The number of rotatable bonds is 4. The van der Waals surface area contributed by atoms with E-state index in [-0.39, 0.29) is 5.56 Å². The monoisotopic (exact) mass is 459 g/mol. The first-order chi connectivity index (χ1) is 15.7. The molecule has 0 atom stereocenters. The minimum Gasteiger partial charge on any atom is -0.378 e. The van der Waals surface area contributed by atoms with Crippen molar-refractivity contribution in [3.05, 3.63) is 70.0 Å². The molecule has 1 fully saturated rings. The smallest absolute Gasteiger partial charge is 0.378 e. The number of hydrogen-bond donors (Lipinski definition) is 0. The van der Waals surface area contributed by atoms with Crippen LogP contribution in [0.25, 0.3) is 10.9 Å². The second-order valence-corrected chi connectivity index (χ2v) is 7.82. The zero-order chi connectivity index (χ0) is 23.8. The topological polar surface area (TPSA) is 54.8 Å². The fourth-order valence-electron chi connectivity index (χ4n) is 4.17. The van der Waals surface area contributed by atoms with Crippen LogP contribution in [0.5, 0.6) is 0 Å². The number of pyridine rings is 1. The number of aryl methyl sites for hydroxylation is 1. The van der Waals surface area contributed by atoms with E-state index in [1.54, 1.807) is 28.8 Å². The molecule has 1 amide bonds. The summed E-state index contributed by atoms with van der Waals surface area (Å²) in [6, 6.07) is 11.4. The average molecular weight is 459 g/mol. The number of amides is 1. The van der Waals surface area contributed by atoms with Gasteiger partial charge >= 0.3 is 6.18 Å². The molecule has 33 heavy (non-hydrogen) atoms. The number of nitrogens with zero attached hydrogens (tertiary/aromatic N) is 3. The number of aromatic nitrogens is 1. The van der Waals surface area contributed by atoms with Crippen LogP contribution >= 0.6 is 0 Å². The van der Waals surface area contributed by atoms with E-state index in [2.05, 4.69) is 4.90 Å². The summed E-state index contributed by atoms with van der Waals surface area (Å²) in [7, 11) is 1.45. The van der Waals surface area contributed by atoms with Crippen LogP contribution in [0.1, 0.15) is 22.8 Å². The van der Waals surface area contributed by atoms with Crippen molar-refractivity contribution in [2.75, 3.05) is 43.2 Å². The van der Waals surface area contributed by atoms with Crippen molar-refractivity contribution in [1.82, 2.24) is 4.57 Å². The van der Waals surface area contributed by atoms with Crippen LogP contribution in [-0.4, -0.2) is 43.8 Å². The summed E-state index contributed by atoms with van der Waals surface area (Å²) in [5.41, 5.74) is 0.326. The van der Waals surface area contributed by atoms with Crippen molar-refractivity contribution in [3.8, 4) is 0 Å². The van der Waals surface area contributed by atoms with Gasteiger partial charge in [-0.05, 0) is 37.3 Å². The van der Waals surface area contributed by atoms with Crippen molar-refractivity contribution in [1.29, 1.82) is 0 Å². The molecule has 3 aromatic rings. The number of benzene rings is 2. The van der Waals surface area contributed by atoms with Crippen molar-refractivity contribution in [3.63, 3.8) is 0 Å². The Bertz CT molecular complexity index is 1250. The average Bonchev–Trinajstić information content (AvgIpc) is 2.82. The molecule has 0 spiro atoms. The maximum atomic E-state index is 13.4. The number of anilines is 2. The molecule has 0 N–H and O–H groups in total. The number of ether oxygens (including phenoxy) is 1. The van der Waals surface area contributed by atoms with E-state index >= 15 is 0 Å². The normalized spacial score (nSPS) is 14.5. The molecule has 6 nitrogen and oxygen atoms in total. The second-order valence-electron chi connectivity index (χ2n) is 7.82. The van der Waals surface area contributed by atoms with Crippen LogP contribution < -0.4 is 15.4 Å². The minimum atomic E-state index is -4.64. The Balaban J connectivity index is 1.81. The number of hydrogen-bond acceptors (Lipinski definition) is 4. The lowest BCUT2D eigenvalue weighted by atomic mass is 10.1. The van der Waals surface area contributed by atoms with E-state index in [1.165, 1.54) is 30.1 Å². The van der Waals surface area contributed by atoms with E-state index in [9.17, 15) is 22.8 Å². The van der Waals surface area contributed by atoms with Gasteiger partial charge in [-0.15, -0.1) is 0 Å². The summed E-state index contributed by atoms with van der Waals surface area (Å²) in [5.74, 6) is -0.765. The van der Waals surface area contributed by atoms with Crippen LogP contribution in [0, 0.1) is 0 Å². The fraction of sp³-hybridized carbons (Fsp3) is 0.333. The number of carbonyl (C=O) groups is 1. The largest absolute Gasteiger partial charge is 0.417 e. The molecule has 9 heteroatoms. The zero-order valence-electron chi connectivity index (χ0n) is 18.4. The van der Waals surface area contributed by atoms with E-state index in [1.807, 2.05) is 6.92 Å². The lowest BCUT2D eigenvalue weighted by molar-refractivity contribution is -0.137. The molecule has 0 unspecified atom stereocenters. The van der Waals surface area contributed by atoms with Gasteiger partial charge in [-0.3, -0.25) is 9.59 Å². The fourth-order valence-corrected chi connectivity index (χ4v) is 4.17. The number of alkyl halides is 3. The number of morpholine rings is 1. The Labute approximate surface area is 188 Å². The molecule has 1 aliphatic rings. The van der Waals surface area contributed by atoms with E-state index in [0.717, 1.165) is 17.1 Å². The Morgan fingerprint density at radius 1 is 1.09 bits per heavy atom. The number of carbonyl (C=O) groups excluding carboxylic acids is 1. The Kier molecular flexibility index (Phi) is 6.16. The van der Waals surface area contributed by atoms with Crippen LogP contribution in [-0.2, 0) is 17.5 Å². The van der Waals surface area contributed by atoms with Gasteiger partial charge in [0.25, 0.3) is 11.5 Å². The van der Waals surface area contributed by atoms with Gasteiger partial charge in [0.15, 0.2) is 0 Å². The second kappa shape index (κ2) is 8.90. The van der Waals surface area contributed by atoms with Crippen LogP contribution in [0.15, 0.2) is 53.3 Å². The molecule has 0 radical (unpaired) electrons. The highest BCUT2D eigenvalue weighted by molar-refractivity contribution is 6.08. The first-order valence-electron chi connectivity index (χ1n) is 10.7. The maximum absolute atomic E-state index is 13.4. The Hall–Kier alpha value is -3.33. The Morgan fingerprint density at radius 2 is 1.79 bits per heavy atom. The van der Waals surface area contributed by atoms with Gasteiger partial charge in [0, 0.05) is 43.8 Å². The third-order valence-electron chi connectivity index (χ3n) is 5.90. The molecule has 2 aromatic carbocycles. The van der Waals surface area contributed by atoms with Crippen LogP contribution in [0.4, 0.5) is 24.5 Å². The molecule has 0 aliphatic carbocycles. The summed E-state index contributed by atoms with van der Waals surface area (Å²) in [5, 5.41) is 0.750. The van der Waals surface area contributed by atoms with Gasteiger partial charge in [-0.25, -0.2) is 0 Å². The van der Waals surface area contributed by atoms with Crippen molar-refractivity contribution in [2.24, 2.45) is 0 Å². The van der Waals surface area contributed by atoms with E-state index < -0.39 is 23.2 Å². The maximum Gasteiger partial charge on any atom is 0.417 e. The van der Waals surface area contributed by atoms with Crippen LogP contribution in [0.2, 0.25) is 0 Å². The predicted octanol–water partition coefficient (Wildman–Crippen LogP) is 4.15. The predicted molar refractivity (Wildman–Crippen MR) is 121 cm³/mol. The zero-order valence-corrected chi connectivity index (χ0v) is 18.4. The van der Waals surface area contributed by atoms with Crippen molar-refractivity contribution >= 4 is 28.2 Å². The highest BCUT2D eigenvalue weighted by Gasteiger charge is 2.35. The lowest BCUT2D eigenvalue weighted by Crippen LogP contribution is -2.37. The SMILES string of the molecule is CCn1c(=O)cc(N2CCOCC2)c2cc(N(C)C(=O)c3ccccc3C(F)(F)F)ccc21. The summed E-state index contributed by atoms with van der Waals surface area (Å²) in [6.45, 7) is 4.62. The molecule has 1 saturated heterocycles. The van der Waals surface area contributed by atoms with Gasteiger partial charge in [0.05, 0.1) is 35.5 Å². The standard InChI is InChI=1S/C24H24F3N3O3/c1-3-30-20-9-8-16(14-18(20)21(15-22(30)31)29-10-12-33-13-11-29)28(2)23(32)17-6-4-5-7-19(17)24(25,26)27/h4-9,14-15H,3,10-13H2,1-2H3. The van der Waals surface area contributed by atoms with Gasteiger partial charge in [-0.2, -0.15) is 13.2 Å². The van der Waals surface area contributed by atoms with E-state index in [4.69, 9.17) is 4.74 Å². The van der Waals surface area contributed by atoms with Crippen LogP contribution in [0.3, 0.4) is 0 Å². The molecular formula is C24H24F3N3O3. The third-order valence-corrected chi connectivity index (χ3v) is 5.90. The first-order valence-corrected chi connectivity index (χ1v) is 10.7. The quantitative estimate of drug-likeness (QED) is 0.588. The summed E-state index contributed by atoms with van der Waals surface area (Å²) >= 11 is 0. The Morgan fingerprint density at radius 3 is 2.45 bits per heavy atom. The summed E-state index contributed by atoms with van der Waals surface area (Å²) < 4.78 is 47.4. The van der Waals surface area contributed by atoms with Crippen molar-refractivity contribution < 1.29 is 22.7 Å². The van der Waals surface area contributed by atoms with Gasteiger partial charge < -0.3 is 19.1 Å². The molecule has 174 valence electrons. The minimum absolute atomic E-state index is 0.136. The van der Waals surface area contributed by atoms with Crippen molar-refractivity contribution in [2.45, 2.75) is 19.6 Å². The van der Waals surface area contributed by atoms with E-state index in [0.29, 0.717) is 44.1 Å². The highest BCUT2D eigenvalue weighted by Crippen LogP contribution is 2.34. The number of fused-ring (bicyclic) bond motifs is 1. The molecule has 1 aliphatic heterocycles. The van der Waals surface area contributed by atoms with Gasteiger partial charge in [0.2, 0.25) is 0 Å². The third kappa shape index (κ3) is 4.32. The molecule has 2 heterocycles. The molecule has 0 saturated carbocycles. The summed E-state index contributed by atoms with van der Waals surface area (Å²) in [6.07, 6.45) is -4.64.